The second-order valence-corrected chi connectivity index (χ2v) is 3.84. The highest BCUT2D eigenvalue weighted by Crippen LogP contribution is 2.26. The van der Waals surface area contributed by atoms with E-state index in [4.69, 9.17) is 15.7 Å². The SMILES string of the molecule is N/C(=N\O)c1ccc(C2OC(=O)NC2CF)cc1. The van der Waals surface area contributed by atoms with Gasteiger partial charge in [-0.1, -0.05) is 29.4 Å². The Morgan fingerprint density at radius 1 is 1.50 bits per heavy atom. The lowest BCUT2D eigenvalue weighted by Crippen LogP contribution is -2.29. The molecule has 1 fully saturated rings. The minimum Gasteiger partial charge on any atom is -0.439 e. The Hall–Kier alpha value is -2.31. The van der Waals surface area contributed by atoms with Crippen LogP contribution in [0.2, 0.25) is 0 Å². The summed E-state index contributed by atoms with van der Waals surface area (Å²) in [6, 6.07) is 5.80. The smallest absolute Gasteiger partial charge is 0.408 e. The maximum atomic E-state index is 12.7. The molecule has 1 heterocycles. The maximum absolute atomic E-state index is 12.7. The van der Waals surface area contributed by atoms with Gasteiger partial charge in [0, 0.05) is 5.56 Å². The van der Waals surface area contributed by atoms with Crippen LogP contribution < -0.4 is 11.1 Å². The second kappa shape index (κ2) is 4.91. The van der Waals surface area contributed by atoms with Crippen molar-refractivity contribution < 1.29 is 19.1 Å². The Kier molecular flexibility index (Phi) is 3.31. The van der Waals surface area contributed by atoms with Gasteiger partial charge < -0.3 is 21.0 Å². The van der Waals surface area contributed by atoms with Crippen LogP contribution in [-0.4, -0.2) is 29.9 Å². The zero-order valence-electron chi connectivity index (χ0n) is 9.34. The number of cyclic esters (lactones) is 1. The number of nitrogens with zero attached hydrogens (tertiary/aromatic N) is 1. The number of nitrogens with two attached hydrogens (primary N) is 1. The van der Waals surface area contributed by atoms with E-state index in [2.05, 4.69) is 10.5 Å². The maximum Gasteiger partial charge on any atom is 0.408 e. The first-order chi connectivity index (χ1) is 8.65. The van der Waals surface area contributed by atoms with E-state index in [1.54, 1.807) is 24.3 Å². The van der Waals surface area contributed by atoms with E-state index in [1.165, 1.54) is 0 Å². The molecule has 1 aromatic rings. The van der Waals surface area contributed by atoms with Crippen molar-refractivity contribution in [3.8, 4) is 0 Å². The number of nitrogens with one attached hydrogen (secondary N) is 1. The molecule has 1 saturated heterocycles. The molecule has 0 aliphatic carbocycles. The van der Waals surface area contributed by atoms with Crippen LogP contribution in [0.25, 0.3) is 0 Å². The van der Waals surface area contributed by atoms with E-state index in [-0.39, 0.29) is 5.84 Å². The van der Waals surface area contributed by atoms with Gasteiger partial charge >= 0.3 is 6.09 Å². The van der Waals surface area contributed by atoms with Crippen LogP contribution in [0, 0.1) is 0 Å². The van der Waals surface area contributed by atoms with Crippen molar-refractivity contribution in [3.05, 3.63) is 35.4 Å². The molecule has 2 unspecified atom stereocenters. The number of hydrogen-bond donors (Lipinski definition) is 3. The molecule has 2 atom stereocenters. The van der Waals surface area contributed by atoms with E-state index in [0.29, 0.717) is 11.1 Å². The zero-order valence-corrected chi connectivity index (χ0v) is 9.34. The summed E-state index contributed by atoms with van der Waals surface area (Å²) in [5, 5.41) is 13.8. The number of alkyl halides is 1. The summed E-state index contributed by atoms with van der Waals surface area (Å²) in [4.78, 5) is 11.0. The van der Waals surface area contributed by atoms with Gasteiger partial charge in [0.25, 0.3) is 0 Å². The van der Waals surface area contributed by atoms with Gasteiger partial charge in [0.05, 0.1) is 0 Å². The number of benzene rings is 1. The number of hydrogen-bond acceptors (Lipinski definition) is 4. The van der Waals surface area contributed by atoms with E-state index >= 15 is 0 Å². The van der Waals surface area contributed by atoms with Crippen LogP contribution >= 0.6 is 0 Å². The summed E-state index contributed by atoms with van der Waals surface area (Å²) in [5.74, 6) is -0.0230. The highest BCUT2D eigenvalue weighted by molar-refractivity contribution is 5.96. The van der Waals surface area contributed by atoms with Crippen molar-refractivity contribution >= 4 is 11.9 Å². The molecule has 0 aromatic heterocycles. The van der Waals surface area contributed by atoms with Crippen LogP contribution in [0.3, 0.4) is 0 Å². The van der Waals surface area contributed by atoms with Gasteiger partial charge in [-0.3, -0.25) is 0 Å². The molecular weight excluding hydrogens is 241 g/mol. The van der Waals surface area contributed by atoms with Gasteiger partial charge in [0.15, 0.2) is 11.9 Å². The Morgan fingerprint density at radius 3 is 2.72 bits per heavy atom. The minimum atomic E-state index is -0.710. The average Bonchev–Trinajstić information content (AvgIpc) is 2.79. The number of carbonyl (C=O) groups is 1. The van der Waals surface area contributed by atoms with E-state index in [9.17, 15) is 9.18 Å². The predicted octanol–water partition coefficient (Wildman–Crippen LogP) is 0.900. The van der Waals surface area contributed by atoms with Crippen molar-refractivity contribution in [2.24, 2.45) is 10.9 Å². The van der Waals surface area contributed by atoms with Crippen molar-refractivity contribution in [2.45, 2.75) is 12.1 Å². The Labute approximate surface area is 102 Å². The summed E-state index contributed by atoms with van der Waals surface area (Å²) >= 11 is 0. The van der Waals surface area contributed by atoms with Crippen LogP contribution in [0.5, 0.6) is 0 Å². The van der Waals surface area contributed by atoms with Crippen LogP contribution in [-0.2, 0) is 4.74 Å². The molecule has 1 aliphatic heterocycles. The number of rotatable bonds is 3. The average molecular weight is 253 g/mol. The summed E-state index contributed by atoms with van der Waals surface area (Å²) in [6.07, 6.45) is -1.30. The lowest BCUT2D eigenvalue weighted by molar-refractivity contribution is 0.128. The van der Waals surface area contributed by atoms with Crippen molar-refractivity contribution in [1.29, 1.82) is 0 Å². The summed E-state index contributed by atoms with van der Waals surface area (Å²) < 4.78 is 17.7. The number of ether oxygens (including phenoxy) is 1. The first-order valence-electron chi connectivity index (χ1n) is 5.26. The Balaban J connectivity index is 2.21. The molecule has 0 spiro atoms. The van der Waals surface area contributed by atoms with Crippen molar-refractivity contribution in [1.82, 2.24) is 5.32 Å². The van der Waals surface area contributed by atoms with E-state index in [0.717, 1.165) is 0 Å². The molecule has 0 bridgehead atoms. The number of amides is 1. The number of amidine groups is 1. The highest BCUT2D eigenvalue weighted by Gasteiger charge is 2.35. The topological polar surface area (TPSA) is 96.9 Å². The molecule has 1 aromatic carbocycles. The molecular formula is C11H12FN3O3. The second-order valence-electron chi connectivity index (χ2n) is 3.84. The molecule has 0 saturated carbocycles. The normalized spacial score (nSPS) is 23.6. The Morgan fingerprint density at radius 2 is 2.17 bits per heavy atom. The summed E-state index contributed by atoms with van der Waals surface area (Å²) in [6.45, 7) is -0.710. The molecule has 1 amide bonds. The highest BCUT2D eigenvalue weighted by atomic mass is 19.1. The van der Waals surface area contributed by atoms with E-state index < -0.39 is 24.9 Å². The number of alkyl carbamates (subject to hydrolysis) is 1. The van der Waals surface area contributed by atoms with Crippen molar-refractivity contribution in [3.63, 3.8) is 0 Å². The predicted molar refractivity (Wildman–Crippen MR) is 61.1 cm³/mol. The van der Waals surface area contributed by atoms with E-state index in [1.807, 2.05) is 0 Å². The van der Waals surface area contributed by atoms with Crippen LogP contribution in [0.1, 0.15) is 17.2 Å². The largest absolute Gasteiger partial charge is 0.439 e. The molecule has 1 aliphatic rings. The molecule has 7 heteroatoms. The first-order valence-corrected chi connectivity index (χ1v) is 5.26. The third kappa shape index (κ3) is 2.20. The molecule has 4 N–H and O–H groups in total. The standard InChI is InChI=1S/C11H12FN3O3/c12-5-8-9(18-11(16)14-8)6-1-3-7(4-2-6)10(13)15-17/h1-4,8-9,17H,5H2,(H2,13,15)(H,14,16). The van der Waals surface area contributed by atoms with Gasteiger partial charge in [-0.05, 0) is 5.56 Å². The van der Waals surface area contributed by atoms with Gasteiger partial charge in [-0.15, -0.1) is 0 Å². The number of carbonyl (C=O) groups excluding carboxylic acids is 1. The zero-order chi connectivity index (χ0) is 13.1. The van der Waals surface area contributed by atoms with Crippen LogP contribution in [0.15, 0.2) is 29.4 Å². The summed E-state index contributed by atoms with van der Waals surface area (Å²) in [7, 11) is 0. The van der Waals surface area contributed by atoms with Gasteiger partial charge in [-0.2, -0.15) is 0 Å². The molecule has 18 heavy (non-hydrogen) atoms. The molecule has 2 rings (SSSR count). The minimum absolute atomic E-state index is 0.0230. The fourth-order valence-electron chi connectivity index (χ4n) is 1.78. The monoisotopic (exact) mass is 253 g/mol. The van der Waals surface area contributed by atoms with Gasteiger partial charge in [0.2, 0.25) is 0 Å². The number of oxime groups is 1. The quantitative estimate of drug-likeness (QED) is 0.322. The van der Waals surface area contributed by atoms with Gasteiger partial charge in [-0.25, -0.2) is 9.18 Å². The third-order valence-electron chi connectivity index (χ3n) is 2.71. The first kappa shape index (κ1) is 12.2. The van der Waals surface area contributed by atoms with Crippen molar-refractivity contribution in [2.75, 3.05) is 6.67 Å². The Bertz CT molecular complexity index is 475. The van der Waals surface area contributed by atoms with Gasteiger partial charge in [0.1, 0.15) is 12.7 Å². The lowest BCUT2D eigenvalue weighted by atomic mass is 10.0. The fourth-order valence-corrected chi connectivity index (χ4v) is 1.78. The molecule has 6 nitrogen and oxygen atoms in total. The molecule has 96 valence electrons. The number of halogens is 1. The fraction of sp³-hybridized carbons (Fsp3) is 0.273. The third-order valence-corrected chi connectivity index (χ3v) is 2.71. The summed E-state index contributed by atoms with van der Waals surface area (Å²) in [5.41, 5.74) is 6.58. The molecule has 0 radical (unpaired) electrons. The lowest BCUT2D eigenvalue weighted by Gasteiger charge is -2.14. The van der Waals surface area contributed by atoms with Crippen LogP contribution in [0.4, 0.5) is 9.18 Å².